The Bertz CT molecular complexity index is 1490. The van der Waals surface area contributed by atoms with Crippen molar-refractivity contribution < 1.29 is 33.7 Å². The van der Waals surface area contributed by atoms with Gasteiger partial charge in [0.15, 0.2) is 0 Å². The number of hydrogen-bond acceptors (Lipinski definition) is 6. The molecule has 0 heterocycles. The van der Waals surface area contributed by atoms with Gasteiger partial charge in [0.05, 0.1) is 23.7 Å². The summed E-state index contributed by atoms with van der Waals surface area (Å²) in [5.74, 6) is -0.670. The first-order chi connectivity index (χ1) is 22.4. The molecule has 0 bridgehead atoms. The second-order valence-corrected chi connectivity index (χ2v) is 12.7. The lowest BCUT2D eigenvalue weighted by molar-refractivity contribution is -0.142. The predicted octanol–water partition coefficient (Wildman–Crippen LogP) is 8.33. The van der Waals surface area contributed by atoms with E-state index in [9.17, 15) is 19.5 Å². The van der Waals surface area contributed by atoms with E-state index in [1.807, 2.05) is 36.4 Å². The molecule has 2 atom stereocenters. The summed E-state index contributed by atoms with van der Waals surface area (Å²) < 4.78 is 17.4. The molecule has 0 spiro atoms. The smallest absolute Gasteiger partial charge is 0.343 e. The van der Waals surface area contributed by atoms with Gasteiger partial charge in [0.25, 0.3) is 0 Å². The highest BCUT2D eigenvalue weighted by atomic mass is 16.5. The third kappa shape index (κ3) is 9.21. The second-order valence-electron chi connectivity index (χ2n) is 12.7. The van der Waals surface area contributed by atoms with Crippen LogP contribution < -0.4 is 9.47 Å². The molecule has 46 heavy (non-hydrogen) atoms. The Hall–Kier alpha value is -4.13. The maximum absolute atomic E-state index is 13.0. The maximum Gasteiger partial charge on any atom is 0.343 e. The van der Waals surface area contributed by atoms with Gasteiger partial charge in [-0.05, 0) is 109 Å². The van der Waals surface area contributed by atoms with Crippen molar-refractivity contribution in [1.29, 1.82) is 0 Å². The highest BCUT2D eigenvalue weighted by Crippen LogP contribution is 2.30. The summed E-state index contributed by atoms with van der Waals surface area (Å²) in [6.07, 6.45) is 13.5. The number of carboxylic acid groups (broad SMARTS) is 1. The highest BCUT2D eigenvalue weighted by Gasteiger charge is 2.26. The van der Waals surface area contributed by atoms with Gasteiger partial charge in [-0.3, -0.25) is 4.79 Å². The first-order valence-electron chi connectivity index (χ1n) is 17.0. The van der Waals surface area contributed by atoms with Gasteiger partial charge in [-0.2, -0.15) is 0 Å². The molecule has 7 heteroatoms. The number of benzene rings is 3. The van der Waals surface area contributed by atoms with E-state index in [-0.39, 0.29) is 18.0 Å². The summed E-state index contributed by atoms with van der Waals surface area (Å²) in [5, 5.41) is 9.32. The lowest BCUT2D eigenvalue weighted by Gasteiger charge is -2.25. The Morgan fingerprint density at radius 1 is 0.674 bits per heavy atom. The third-order valence-electron chi connectivity index (χ3n) is 9.22. The standard InChI is InChI=1S/C39H46O7/c1-2-3-4-5-6-7-8-9-22-44-34-18-14-27(15-19-34)38(42)45-35-21-17-29-24-33(13-11-31(29)26-35)39(43)46-36-20-16-28-23-32(37(40)41)12-10-30(28)25-36/h11,13-16,18-20,24-25,32,35H,2-10,12,17,21-23,26H2,1H3,(H,40,41). The van der Waals surface area contributed by atoms with E-state index in [1.54, 1.807) is 24.3 Å². The first-order valence-corrected chi connectivity index (χ1v) is 17.0. The van der Waals surface area contributed by atoms with Gasteiger partial charge in [-0.25, -0.2) is 9.59 Å². The molecular formula is C39H46O7. The summed E-state index contributed by atoms with van der Waals surface area (Å²) in [6.45, 7) is 2.92. The fourth-order valence-electron chi connectivity index (χ4n) is 6.45. The van der Waals surface area contributed by atoms with Crippen LogP contribution in [0, 0.1) is 5.92 Å². The van der Waals surface area contributed by atoms with Crippen LogP contribution in [0.15, 0.2) is 60.7 Å². The topological polar surface area (TPSA) is 99.1 Å². The number of carbonyl (C=O) groups is 3. The van der Waals surface area contributed by atoms with Crippen molar-refractivity contribution in [2.75, 3.05) is 6.61 Å². The summed E-state index contributed by atoms with van der Waals surface area (Å²) in [7, 11) is 0. The Morgan fingerprint density at radius 2 is 1.30 bits per heavy atom. The molecule has 1 N–H and O–H groups in total. The molecule has 0 aliphatic heterocycles. The zero-order valence-corrected chi connectivity index (χ0v) is 26.9. The molecule has 0 radical (unpaired) electrons. The van der Waals surface area contributed by atoms with Gasteiger partial charge >= 0.3 is 17.9 Å². The Balaban J connectivity index is 1.06. The number of carbonyl (C=O) groups excluding carboxylic acids is 2. The van der Waals surface area contributed by atoms with Crippen LogP contribution in [0.5, 0.6) is 11.5 Å². The number of fused-ring (bicyclic) bond motifs is 2. The molecule has 3 aromatic rings. The molecule has 0 saturated carbocycles. The Kier molecular flexibility index (Phi) is 11.9. The minimum Gasteiger partial charge on any atom is -0.494 e. The monoisotopic (exact) mass is 626 g/mol. The van der Waals surface area contributed by atoms with Crippen molar-refractivity contribution in [2.24, 2.45) is 5.92 Å². The molecule has 2 unspecified atom stereocenters. The zero-order chi connectivity index (χ0) is 32.3. The number of aryl methyl sites for hydroxylation is 2. The molecule has 0 fully saturated rings. The molecule has 244 valence electrons. The molecule has 2 aliphatic rings. The number of hydrogen-bond donors (Lipinski definition) is 1. The average Bonchev–Trinajstić information content (AvgIpc) is 3.07. The van der Waals surface area contributed by atoms with E-state index in [4.69, 9.17) is 14.2 Å². The van der Waals surface area contributed by atoms with Gasteiger partial charge in [-0.1, -0.05) is 64.0 Å². The third-order valence-corrected chi connectivity index (χ3v) is 9.22. The second kappa shape index (κ2) is 16.4. The molecule has 3 aromatic carbocycles. The Morgan fingerprint density at radius 3 is 2.07 bits per heavy atom. The summed E-state index contributed by atoms with van der Waals surface area (Å²) in [5.41, 5.74) is 5.14. The minimum atomic E-state index is -0.766. The van der Waals surface area contributed by atoms with Crippen LogP contribution in [0.1, 0.15) is 114 Å². The predicted molar refractivity (Wildman–Crippen MR) is 177 cm³/mol. The van der Waals surface area contributed by atoms with Gasteiger partial charge in [0.1, 0.15) is 17.6 Å². The maximum atomic E-state index is 13.0. The minimum absolute atomic E-state index is 0.230. The van der Waals surface area contributed by atoms with Crippen molar-refractivity contribution in [3.63, 3.8) is 0 Å². The zero-order valence-electron chi connectivity index (χ0n) is 26.9. The van der Waals surface area contributed by atoms with Crippen molar-refractivity contribution in [1.82, 2.24) is 0 Å². The number of unbranched alkanes of at least 4 members (excludes halogenated alkanes) is 7. The van der Waals surface area contributed by atoms with Gasteiger partial charge in [0, 0.05) is 6.42 Å². The number of aliphatic carboxylic acids is 1. The average molecular weight is 627 g/mol. The van der Waals surface area contributed by atoms with Gasteiger partial charge in [-0.15, -0.1) is 0 Å². The van der Waals surface area contributed by atoms with Crippen LogP contribution >= 0.6 is 0 Å². The van der Waals surface area contributed by atoms with E-state index in [0.717, 1.165) is 34.4 Å². The van der Waals surface area contributed by atoms with Gasteiger partial charge in [0.2, 0.25) is 0 Å². The number of esters is 2. The fraction of sp³-hybridized carbons (Fsp3) is 0.462. The first kappa shape index (κ1) is 33.2. The molecule has 0 amide bonds. The fourth-order valence-corrected chi connectivity index (χ4v) is 6.45. The summed E-state index contributed by atoms with van der Waals surface area (Å²) in [4.78, 5) is 37.2. The van der Waals surface area contributed by atoms with E-state index >= 15 is 0 Å². The van der Waals surface area contributed by atoms with Crippen molar-refractivity contribution in [3.05, 3.63) is 94.0 Å². The van der Waals surface area contributed by atoms with E-state index < -0.39 is 11.9 Å². The molecular weight excluding hydrogens is 580 g/mol. The van der Waals surface area contributed by atoms with E-state index in [1.165, 1.54) is 44.9 Å². The number of ether oxygens (including phenoxy) is 3. The van der Waals surface area contributed by atoms with Crippen LogP contribution in [-0.4, -0.2) is 35.7 Å². The Labute approximate surface area is 272 Å². The van der Waals surface area contributed by atoms with Crippen molar-refractivity contribution in [2.45, 2.75) is 103 Å². The lowest BCUT2D eigenvalue weighted by Crippen LogP contribution is -2.26. The number of rotatable bonds is 15. The highest BCUT2D eigenvalue weighted by molar-refractivity contribution is 5.91. The summed E-state index contributed by atoms with van der Waals surface area (Å²) >= 11 is 0. The van der Waals surface area contributed by atoms with Crippen LogP contribution in [0.3, 0.4) is 0 Å². The molecule has 5 rings (SSSR count). The van der Waals surface area contributed by atoms with Crippen molar-refractivity contribution >= 4 is 17.9 Å². The van der Waals surface area contributed by atoms with Crippen LogP contribution in [0.2, 0.25) is 0 Å². The molecule has 2 aliphatic carbocycles. The molecule has 7 nitrogen and oxygen atoms in total. The van der Waals surface area contributed by atoms with Gasteiger partial charge < -0.3 is 19.3 Å². The normalized spacial score (nSPS) is 17.0. The van der Waals surface area contributed by atoms with Crippen LogP contribution in [-0.2, 0) is 35.2 Å². The van der Waals surface area contributed by atoms with E-state index in [2.05, 4.69) is 6.92 Å². The lowest BCUT2D eigenvalue weighted by atomic mass is 9.84. The molecule has 0 saturated heterocycles. The summed E-state index contributed by atoms with van der Waals surface area (Å²) in [6, 6.07) is 18.2. The van der Waals surface area contributed by atoms with Crippen LogP contribution in [0.4, 0.5) is 0 Å². The van der Waals surface area contributed by atoms with E-state index in [0.29, 0.717) is 62.0 Å². The largest absolute Gasteiger partial charge is 0.494 e. The number of carboxylic acids is 1. The SMILES string of the molecule is CCCCCCCCCCOc1ccc(C(=O)OC2CCc3cc(C(=O)Oc4ccc5c(c4)CCC(C(=O)O)C5)ccc3C2)cc1. The van der Waals surface area contributed by atoms with Crippen LogP contribution in [0.25, 0.3) is 0 Å². The molecule has 0 aromatic heterocycles. The van der Waals surface area contributed by atoms with Crippen molar-refractivity contribution in [3.8, 4) is 11.5 Å². The quantitative estimate of drug-likeness (QED) is 0.103.